The van der Waals surface area contributed by atoms with Crippen molar-refractivity contribution >= 4 is 68.3 Å². The molecular formula is C25H24ClN3O4S2. The van der Waals surface area contributed by atoms with E-state index in [9.17, 15) is 14.4 Å². The van der Waals surface area contributed by atoms with Gasteiger partial charge in [-0.2, -0.15) is 0 Å². The van der Waals surface area contributed by atoms with E-state index in [-0.39, 0.29) is 35.3 Å². The van der Waals surface area contributed by atoms with Crippen LogP contribution >= 0.6 is 34.7 Å². The summed E-state index contributed by atoms with van der Waals surface area (Å²) in [5, 5.41) is 3.48. The lowest BCUT2D eigenvalue weighted by Crippen LogP contribution is -2.30. The third-order valence-corrected chi connectivity index (χ3v) is 8.70. The third kappa shape index (κ3) is 5.32. The number of fused-ring (bicyclic) bond motifs is 2. The normalized spacial score (nSPS) is 19.7. The zero-order chi connectivity index (χ0) is 24.4. The molecule has 2 aromatic carbocycles. The van der Waals surface area contributed by atoms with Crippen LogP contribution in [0.2, 0.25) is 5.02 Å². The summed E-state index contributed by atoms with van der Waals surface area (Å²) in [5.74, 6) is 0.336. The number of amides is 3. The number of nitrogens with zero attached hydrogens (tertiary/aromatic N) is 2. The Kier molecular flexibility index (Phi) is 7.27. The first-order valence-corrected chi connectivity index (χ1v) is 13.7. The first-order valence-electron chi connectivity index (χ1n) is 11.6. The number of carbonyl (C=O) groups is 3. The molecule has 3 aromatic rings. The second kappa shape index (κ2) is 10.6. The van der Waals surface area contributed by atoms with Crippen LogP contribution in [0.1, 0.15) is 25.7 Å². The van der Waals surface area contributed by atoms with Crippen LogP contribution in [0.4, 0.5) is 5.69 Å². The molecule has 7 nitrogen and oxygen atoms in total. The summed E-state index contributed by atoms with van der Waals surface area (Å²) in [6.07, 6.45) is 3.60. The Morgan fingerprint density at radius 1 is 1.11 bits per heavy atom. The fourth-order valence-electron chi connectivity index (χ4n) is 4.58. The quantitative estimate of drug-likeness (QED) is 0.253. The Hall–Kier alpha value is -2.62. The number of benzene rings is 2. The van der Waals surface area contributed by atoms with Gasteiger partial charge in [-0.3, -0.25) is 19.3 Å². The molecule has 1 aliphatic heterocycles. The first-order chi connectivity index (χ1) is 17.0. The zero-order valence-corrected chi connectivity index (χ0v) is 21.3. The second-order valence-corrected chi connectivity index (χ2v) is 11.3. The van der Waals surface area contributed by atoms with Crippen molar-refractivity contribution in [3.05, 3.63) is 47.5 Å². The largest absolute Gasteiger partial charge is 0.492 e. The molecule has 10 heteroatoms. The molecule has 1 saturated carbocycles. The highest BCUT2D eigenvalue weighted by Gasteiger charge is 2.48. The smallest absolute Gasteiger partial charge is 0.237 e. The highest BCUT2D eigenvalue weighted by Crippen LogP contribution is 2.41. The van der Waals surface area contributed by atoms with Crippen LogP contribution in [-0.2, 0) is 14.4 Å². The molecule has 35 heavy (non-hydrogen) atoms. The zero-order valence-electron chi connectivity index (χ0n) is 18.9. The molecule has 182 valence electrons. The van der Waals surface area contributed by atoms with E-state index in [1.165, 1.54) is 28.0 Å². The van der Waals surface area contributed by atoms with Gasteiger partial charge in [0.1, 0.15) is 12.4 Å². The number of rotatable bonds is 8. The summed E-state index contributed by atoms with van der Waals surface area (Å²) in [5.41, 5.74) is 1.40. The van der Waals surface area contributed by atoms with Crippen LogP contribution in [0, 0.1) is 11.8 Å². The van der Waals surface area contributed by atoms with Crippen molar-refractivity contribution in [1.82, 2.24) is 10.3 Å². The number of ether oxygens (including phenoxy) is 1. The van der Waals surface area contributed by atoms with Gasteiger partial charge in [0.25, 0.3) is 0 Å². The third-order valence-electron chi connectivity index (χ3n) is 6.29. The van der Waals surface area contributed by atoms with E-state index in [0.29, 0.717) is 29.6 Å². The summed E-state index contributed by atoms with van der Waals surface area (Å²) >= 11 is 8.66. The van der Waals surface area contributed by atoms with Crippen LogP contribution in [0.25, 0.3) is 10.2 Å². The molecule has 0 radical (unpaired) electrons. The van der Waals surface area contributed by atoms with Gasteiger partial charge in [0.2, 0.25) is 17.7 Å². The monoisotopic (exact) mass is 529 g/mol. The topological polar surface area (TPSA) is 88.6 Å². The lowest BCUT2D eigenvalue weighted by molar-refractivity contribution is -0.122. The van der Waals surface area contributed by atoms with Crippen molar-refractivity contribution in [3.8, 4) is 5.75 Å². The van der Waals surface area contributed by atoms with Gasteiger partial charge in [-0.15, -0.1) is 11.3 Å². The van der Waals surface area contributed by atoms with Gasteiger partial charge >= 0.3 is 0 Å². The predicted octanol–water partition coefficient (Wildman–Crippen LogP) is 4.92. The van der Waals surface area contributed by atoms with E-state index in [4.69, 9.17) is 16.3 Å². The fourth-order valence-corrected chi connectivity index (χ4v) is 6.64. The van der Waals surface area contributed by atoms with Crippen molar-refractivity contribution < 1.29 is 19.1 Å². The molecule has 5 rings (SSSR count). The van der Waals surface area contributed by atoms with Gasteiger partial charge in [0, 0.05) is 5.02 Å². The summed E-state index contributed by atoms with van der Waals surface area (Å²) in [6.45, 7) is 0.753. The van der Waals surface area contributed by atoms with Crippen molar-refractivity contribution in [2.45, 2.75) is 30.0 Å². The number of imide groups is 1. The predicted molar refractivity (Wildman–Crippen MR) is 138 cm³/mol. The number of hydrogen-bond donors (Lipinski definition) is 1. The van der Waals surface area contributed by atoms with Crippen LogP contribution < -0.4 is 15.0 Å². The molecule has 1 aliphatic carbocycles. The van der Waals surface area contributed by atoms with Crippen LogP contribution in [-0.4, -0.2) is 41.6 Å². The minimum atomic E-state index is -0.172. The highest BCUT2D eigenvalue weighted by atomic mass is 35.5. The highest BCUT2D eigenvalue weighted by molar-refractivity contribution is 8.01. The SMILES string of the molecule is O=C(CSc1nc2ccc(N3C(=O)[C@H]4CCCC[C@H]4C3=O)cc2s1)NCCOc1ccc(Cl)cc1. The maximum absolute atomic E-state index is 12.9. The molecule has 2 heterocycles. The van der Waals surface area contributed by atoms with E-state index >= 15 is 0 Å². The lowest BCUT2D eigenvalue weighted by atomic mass is 9.81. The maximum atomic E-state index is 12.9. The molecule has 1 saturated heterocycles. The number of hydrogen-bond acceptors (Lipinski definition) is 7. The van der Waals surface area contributed by atoms with E-state index in [1.807, 2.05) is 12.1 Å². The van der Waals surface area contributed by atoms with Crippen LogP contribution in [0.3, 0.4) is 0 Å². The lowest BCUT2D eigenvalue weighted by Gasteiger charge is -2.19. The maximum Gasteiger partial charge on any atom is 0.237 e. The van der Waals surface area contributed by atoms with E-state index < -0.39 is 0 Å². The Morgan fingerprint density at radius 3 is 2.54 bits per heavy atom. The van der Waals surface area contributed by atoms with E-state index in [1.54, 1.807) is 30.3 Å². The molecule has 2 fully saturated rings. The number of thioether (sulfide) groups is 1. The molecule has 1 N–H and O–H groups in total. The van der Waals surface area contributed by atoms with Crippen molar-refractivity contribution in [2.75, 3.05) is 23.8 Å². The minimum Gasteiger partial charge on any atom is -0.492 e. The molecule has 2 atom stereocenters. The number of aromatic nitrogens is 1. The Bertz CT molecular complexity index is 1240. The molecule has 3 amide bonds. The van der Waals surface area contributed by atoms with Gasteiger partial charge < -0.3 is 10.1 Å². The van der Waals surface area contributed by atoms with Crippen molar-refractivity contribution in [1.29, 1.82) is 0 Å². The summed E-state index contributed by atoms with van der Waals surface area (Å²) in [6, 6.07) is 12.5. The van der Waals surface area contributed by atoms with Gasteiger partial charge in [-0.25, -0.2) is 4.98 Å². The minimum absolute atomic E-state index is 0.0742. The molecule has 2 aliphatic rings. The Balaban J connectivity index is 1.14. The number of thiazole rings is 1. The van der Waals surface area contributed by atoms with E-state index in [2.05, 4.69) is 10.3 Å². The number of halogens is 1. The second-order valence-electron chi connectivity index (χ2n) is 8.58. The first kappa shape index (κ1) is 24.1. The van der Waals surface area contributed by atoms with Gasteiger partial charge in [-0.05, 0) is 55.3 Å². The van der Waals surface area contributed by atoms with Crippen molar-refractivity contribution in [2.24, 2.45) is 11.8 Å². The Labute approximate surface area is 216 Å². The number of carbonyl (C=O) groups excluding carboxylic acids is 3. The van der Waals surface area contributed by atoms with Gasteiger partial charge in [0.05, 0.1) is 40.0 Å². The molecule has 1 aromatic heterocycles. The number of nitrogens with one attached hydrogen (secondary N) is 1. The standard InChI is InChI=1S/C25H24ClN3O4S2/c26-15-5-8-17(9-6-15)33-12-11-27-22(30)14-34-25-28-20-10-7-16(13-21(20)35-25)29-23(31)18-3-1-2-4-19(18)24(29)32/h5-10,13,18-19H,1-4,11-12,14H2,(H,27,30)/t18-,19+. The number of anilines is 1. The fraction of sp³-hybridized carbons (Fsp3) is 0.360. The van der Waals surface area contributed by atoms with E-state index in [0.717, 1.165) is 40.2 Å². The summed E-state index contributed by atoms with van der Waals surface area (Å²) in [7, 11) is 0. The summed E-state index contributed by atoms with van der Waals surface area (Å²) in [4.78, 5) is 44.0. The van der Waals surface area contributed by atoms with Crippen LogP contribution in [0.15, 0.2) is 46.8 Å². The summed E-state index contributed by atoms with van der Waals surface area (Å²) < 4.78 is 7.22. The molecule has 0 spiro atoms. The molecule has 0 bridgehead atoms. The Morgan fingerprint density at radius 2 is 1.83 bits per heavy atom. The molecule has 0 unspecified atom stereocenters. The average molecular weight is 530 g/mol. The molecular weight excluding hydrogens is 506 g/mol. The van der Waals surface area contributed by atoms with Crippen LogP contribution in [0.5, 0.6) is 5.75 Å². The van der Waals surface area contributed by atoms with Gasteiger partial charge in [-0.1, -0.05) is 36.2 Å². The average Bonchev–Trinajstić information content (AvgIpc) is 3.39. The van der Waals surface area contributed by atoms with Gasteiger partial charge in [0.15, 0.2) is 4.34 Å². The van der Waals surface area contributed by atoms with Crippen molar-refractivity contribution in [3.63, 3.8) is 0 Å².